The summed E-state index contributed by atoms with van der Waals surface area (Å²) in [5.74, 6) is -0.0759. The quantitative estimate of drug-likeness (QED) is 0.585. The molecule has 1 saturated heterocycles. The van der Waals surface area contributed by atoms with E-state index in [1.165, 1.54) is 13.2 Å². The first-order valence-electron chi connectivity index (χ1n) is 8.26. The fourth-order valence-electron chi connectivity index (χ4n) is 2.80. The third-order valence-corrected chi connectivity index (χ3v) is 4.47. The monoisotopic (exact) mass is 369 g/mol. The number of hydrogen-bond acceptors (Lipinski definition) is 6. The van der Waals surface area contributed by atoms with Gasteiger partial charge in [0.25, 0.3) is 5.91 Å². The Balaban J connectivity index is 1.91. The lowest BCUT2D eigenvalue weighted by atomic mass is 10.0. The fourth-order valence-corrected chi connectivity index (χ4v) is 2.97. The highest BCUT2D eigenvalue weighted by Crippen LogP contribution is 2.29. The van der Waals surface area contributed by atoms with E-state index >= 15 is 0 Å². The largest absolute Gasteiger partial charge is 0.496 e. The fraction of sp³-hybridized carbons (Fsp3) is 0.529. The molecule has 0 saturated carbocycles. The van der Waals surface area contributed by atoms with Crippen LogP contribution in [0.3, 0.4) is 0 Å². The van der Waals surface area contributed by atoms with E-state index in [9.17, 15) is 9.59 Å². The van der Waals surface area contributed by atoms with Gasteiger partial charge in [-0.05, 0) is 25.8 Å². The van der Waals surface area contributed by atoms with Crippen molar-refractivity contribution in [3.05, 3.63) is 22.7 Å². The normalized spacial score (nSPS) is 15.6. The molecule has 2 rings (SSSR count). The van der Waals surface area contributed by atoms with E-state index < -0.39 is 0 Å². The molecule has 1 amide bonds. The van der Waals surface area contributed by atoms with Crippen LogP contribution < -0.4 is 15.8 Å². The molecule has 8 heteroatoms. The molecule has 7 nitrogen and oxygen atoms in total. The molecule has 0 aliphatic carbocycles. The van der Waals surface area contributed by atoms with Crippen LogP contribution in [0.5, 0.6) is 5.75 Å². The van der Waals surface area contributed by atoms with Gasteiger partial charge in [-0.25, -0.2) is 0 Å². The number of carbonyl (C=O) groups excluding carboxylic acids is 2. The molecular weight excluding hydrogens is 346 g/mol. The SMILES string of the molecule is CCOC(=O)CN1CCC(NC(=O)c2cc(Cl)c(N)cc2OC)CC1. The Hall–Kier alpha value is -1.99. The Labute approximate surface area is 152 Å². The minimum atomic E-state index is -0.248. The predicted octanol–water partition coefficient (Wildman–Crippen LogP) is 1.69. The number of likely N-dealkylation sites (tertiary alicyclic amines) is 1. The van der Waals surface area contributed by atoms with Crippen LogP contribution in [0.1, 0.15) is 30.1 Å². The summed E-state index contributed by atoms with van der Waals surface area (Å²) in [5.41, 5.74) is 6.46. The van der Waals surface area contributed by atoms with Crippen LogP contribution in [0.2, 0.25) is 5.02 Å². The van der Waals surface area contributed by atoms with Crippen molar-refractivity contribution in [3.8, 4) is 5.75 Å². The number of benzene rings is 1. The van der Waals surface area contributed by atoms with Crippen LogP contribution in [0.15, 0.2) is 12.1 Å². The maximum Gasteiger partial charge on any atom is 0.320 e. The Morgan fingerprint density at radius 1 is 1.36 bits per heavy atom. The molecule has 0 unspecified atom stereocenters. The van der Waals surface area contributed by atoms with Crippen LogP contribution in [0.4, 0.5) is 5.69 Å². The highest BCUT2D eigenvalue weighted by atomic mass is 35.5. The summed E-state index contributed by atoms with van der Waals surface area (Å²) in [4.78, 5) is 26.1. The summed E-state index contributed by atoms with van der Waals surface area (Å²) >= 11 is 6.01. The molecule has 0 spiro atoms. The zero-order valence-corrected chi connectivity index (χ0v) is 15.3. The summed E-state index contributed by atoms with van der Waals surface area (Å²) < 4.78 is 10.2. The van der Waals surface area contributed by atoms with Gasteiger partial charge in [-0.2, -0.15) is 0 Å². The third kappa shape index (κ3) is 5.24. The van der Waals surface area contributed by atoms with E-state index in [4.69, 9.17) is 26.8 Å². The molecule has 0 atom stereocenters. The zero-order chi connectivity index (χ0) is 18.4. The Morgan fingerprint density at radius 2 is 2.04 bits per heavy atom. The van der Waals surface area contributed by atoms with Crippen molar-refractivity contribution in [2.45, 2.75) is 25.8 Å². The summed E-state index contributed by atoms with van der Waals surface area (Å²) in [7, 11) is 1.48. The van der Waals surface area contributed by atoms with Crippen LogP contribution in [0, 0.1) is 0 Å². The Kier molecular flexibility index (Phi) is 6.90. The van der Waals surface area contributed by atoms with Gasteiger partial charge in [0.15, 0.2) is 0 Å². The number of nitrogens with two attached hydrogens (primary N) is 1. The number of rotatable bonds is 6. The van der Waals surface area contributed by atoms with Crippen LogP contribution in [0.25, 0.3) is 0 Å². The van der Waals surface area contributed by atoms with Crippen LogP contribution in [-0.2, 0) is 9.53 Å². The minimum Gasteiger partial charge on any atom is -0.496 e. The van der Waals surface area contributed by atoms with E-state index in [1.807, 2.05) is 4.90 Å². The molecule has 1 aliphatic heterocycles. The maximum atomic E-state index is 12.5. The smallest absolute Gasteiger partial charge is 0.320 e. The molecule has 1 aliphatic rings. The Morgan fingerprint density at radius 3 is 2.64 bits per heavy atom. The van der Waals surface area contributed by atoms with Crippen molar-refractivity contribution in [3.63, 3.8) is 0 Å². The van der Waals surface area contributed by atoms with Gasteiger partial charge in [-0.15, -0.1) is 0 Å². The highest BCUT2D eigenvalue weighted by molar-refractivity contribution is 6.33. The molecule has 3 N–H and O–H groups in total. The second kappa shape index (κ2) is 8.92. The number of esters is 1. The van der Waals surface area contributed by atoms with Crippen LogP contribution in [-0.4, -0.2) is 56.2 Å². The second-order valence-corrected chi connectivity index (χ2v) is 6.31. The van der Waals surface area contributed by atoms with Gasteiger partial charge in [0.05, 0.1) is 36.5 Å². The van der Waals surface area contributed by atoms with Gasteiger partial charge >= 0.3 is 5.97 Å². The summed E-state index contributed by atoms with van der Waals surface area (Å²) in [5, 5.41) is 3.31. The molecule has 25 heavy (non-hydrogen) atoms. The van der Waals surface area contributed by atoms with Gasteiger partial charge in [-0.3, -0.25) is 14.5 Å². The minimum absolute atomic E-state index is 0.0342. The topological polar surface area (TPSA) is 93.9 Å². The molecule has 0 aromatic heterocycles. The first-order valence-corrected chi connectivity index (χ1v) is 8.64. The number of amides is 1. The van der Waals surface area contributed by atoms with E-state index in [2.05, 4.69) is 5.32 Å². The Bertz CT molecular complexity index is 631. The number of piperidine rings is 1. The average molecular weight is 370 g/mol. The van der Waals surface area contributed by atoms with Crippen molar-refractivity contribution >= 4 is 29.2 Å². The van der Waals surface area contributed by atoms with E-state index in [0.29, 0.717) is 28.6 Å². The first-order chi connectivity index (χ1) is 11.9. The number of nitrogens with one attached hydrogen (secondary N) is 1. The number of nitrogen functional groups attached to an aromatic ring is 1. The summed E-state index contributed by atoms with van der Waals surface area (Å²) in [6, 6.07) is 3.09. The first kappa shape index (κ1) is 19.3. The van der Waals surface area contributed by atoms with Crippen molar-refractivity contribution in [1.29, 1.82) is 0 Å². The van der Waals surface area contributed by atoms with E-state index in [1.54, 1.807) is 13.0 Å². The molecule has 0 bridgehead atoms. The maximum absolute atomic E-state index is 12.5. The number of ether oxygens (including phenoxy) is 2. The number of carbonyl (C=O) groups is 2. The zero-order valence-electron chi connectivity index (χ0n) is 14.5. The molecule has 1 aromatic carbocycles. The van der Waals surface area contributed by atoms with Crippen molar-refractivity contribution < 1.29 is 19.1 Å². The molecular formula is C17H24ClN3O4. The van der Waals surface area contributed by atoms with E-state index in [-0.39, 0.29) is 24.5 Å². The van der Waals surface area contributed by atoms with E-state index in [0.717, 1.165) is 25.9 Å². The van der Waals surface area contributed by atoms with Gasteiger partial charge in [0.2, 0.25) is 0 Å². The molecule has 138 valence electrons. The van der Waals surface area contributed by atoms with Gasteiger partial charge in [0.1, 0.15) is 5.75 Å². The lowest BCUT2D eigenvalue weighted by Crippen LogP contribution is -2.46. The molecule has 0 radical (unpaired) electrons. The van der Waals surface area contributed by atoms with Gasteiger partial charge in [-0.1, -0.05) is 11.6 Å². The highest BCUT2D eigenvalue weighted by Gasteiger charge is 2.24. The molecule has 1 fully saturated rings. The van der Waals surface area contributed by atoms with Crippen molar-refractivity contribution in [2.75, 3.05) is 39.1 Å². The summed E-state index contributed by atoms with van der Waals surface area (Å²) in [6.07, 6.45) is 1.52. The molecule has 1 aromatic rings. The second-order valence-electron chi connectivity index (χ2n) is 5.90. The van der Waals surface area contributed by atoms with Crippen LogP contribution >= 0.6 is 11.6 Å². The van der Waals surface area contributed by atoms with Crippen molar-refractivity contribution in [1.82, 2.24) is 10.2 Å². The number of nitrogens with zero attached hydrogens (tertiary/aromatic N) is 1. The number of methoxy groups -OCH3 is 1. The van der Waals surface area contributed by atoms with Crippen molar-refractivity contribution in [2.24, 2.45) is 0 Å². The standard InChI is InChI=1S/C17H24ClN3O4/c1-3-25-16(22)10-21-6-4-11(5-7-21)20-17(23)12-8-13(18)14(19)9-15(12)24-2/h8-9,11H,3-7,10,19H2,1-2H3,(H,20,23). The number of halogens is 1. The van der Waals surface area contributed by atoms with Gasteiger partial charge < -0.3 is 20.5 Å². The number of hydrogen-bond donors (Lipinski definition) is 2. The summed E-state index contributed by atoms with van der Waals surface area (Å²) in [6.45, 7) is 3.91. The number of anilines is 1. The van der Waals surface area contributed by atoms with Gasteiger partial charge in [0, 0.05) is 25.2 Å². The average Bonchev–Trinajstić information content (AvgIpc) is 2.58. The lowest BCUT2D eigenvalue weighted by molar-refractivity contribution is -0.144. The lowest BCUT2D eigenvalue weighted by Gasteiger charge is -2.31. The predicted molar refractivity (Wildman–Crippen MR) is 96.0 cm³/mol. The third-order valence-electron chi connectivity index (χ3n) is 4.14. The molecule has 1 heterocycles.